The Balaban J connectivity index is 1.59. The summed E-state index contributed by atoms with van der Waals surface area (Å²) in [5, 5.41) is 0. The van der Waals surface area contributed by atoms with Gasteiger partial charge in [-0.3, -0.25) is 4.79 Å². The summed E-state index contributed by atoms with van der Waals surface area (Å²) in [6.45, 7) is 4.12. The van der Waals surface area contributed by atoms with Gasteiger partial charge in [-0.2, -0.15) is 0 Å². The lowest BCUT2D eigenvalue weighted by molar-refractivity contribution is -0.153. The van der Waals surface area contributed by atoms with Gasteiger partial charge in [0.2, 0.25) is 0 Å². The van der Waals surface area contributed by atoms with Crippen molar-refractivity contribution in [3.8, 4) is 0 Å². The topological polar surface area (TPSA) is 52.3 Å². The summed E-state index contributed by atoms with van der Waals surface area (Å²) in [7, 11) is 0. The summed E-state index contributed by atoms with van der Waals surface area (Å²) in [5.74, 6) is 2.65. The molecule has 0 saturated heterocycles. The van der Waals surface area contributed by atoms with Gasteiger partial charge in [-0.25, -0.2) is 0 Å². The van der Waals surface area contributed by atoms with E-state index in [-0.39, 0.29) is 11.4 Å². The number of esters is 1. The van der Waals surface area contributed by atoms with E-state index in [1.165, 1.54) is 38.5 Å². The van der Waals surface area contributed by atoms with Crippen LogP contribution in [-0.2, 0) is 9.53 Å². The van der Waals surface area contributed by atoms with Gasteiger partial charge in [0.15, 0.2) is 0 Å². The van der Waals surface area contributed by atoms with Crippen LogP contribution < -0.4 is 5.73 Å². The lowest BCUT2D eigenvalue weighted by atomic mass is 9.49. The molecule has 108 valence electrons. The summed E-state index contributed by atoms with van der Waals surface area (Å²) < 4.78 is 5.38. The minimum Gasteiger partial charge on any atom is -0.464 e. The number of ether oxygens (including phenoxy) is 1. The van der Waals surface area contributed by atoms with Gasteiger partial charge in [-0.05, 0) is 75.5 Å². The highest BCUT2D eigenvalue weighted by atomic mass is 16.5. The third kappa shape index (κ3) is 2.96. The summed E-state index contributed by atoms with van der Waals surface area (Å²) in [6, 6.07) is 0. The van der Waals surface area contributed by atoms with Gasteiger partial charge in [0.25, 0.3) is 0 Å². The second-order valence-corrected chi connectivity index (χ2v) is 8.24. The monoisotopic (exact) mass is 265 g/mol. The van der Waals surface area contributed by atoms with Crippen LogP contribution in [0.25, 0.3) is 0 Å². The Morgan fingerprint density at radius 1 is 1.16 bits per heavy atom. The molecule has 2 N–H and O–H groups in total. The number of hydrogen-bond donors (Lipinski definition) is 1. The predicted molar refractivity (Wildman–Crippen MR) is 74.4 cm³/mol. The molecule has 4 aliphatic carbocycles. The summed E-state index contributed by atoms with van der Waals surface area (Å²) in [4.78, 5) is 12.1. The standard InChI is InChI=1S/C16H27NO2/c1-15(2,17)10-19-14(18)9-16-6-11-3-12(7-16)5-13(4-11)8-16/h11-13H,3-10,17H2,1-2H3. The predicted octanol–water partition coefficient (Wildman–Crippen LogP) is 2.87. The van der Waals surface area contributed by atoms with E-state index in [0.717, 1.165) is 17.8 Å². The molecular formula is C16H27NO2. The van der Waals surface area contributed by atoms with Crippen LogP contribution in [0.3, 0.4) is 0 Å². The smallest absolute Gasteiger partial charge is 0.306 e. The molecule has 0 atom stereocenters. The number of hydrogen-bond acceptors (Lipinski definition) is 3. The van der Waals surface area contributed by atoms with Crippen LogP contribution in [0.4, 0.5) is 0 Å². The van der Waals surface area contributed by atoms with E-state index < -0.39 is 5.54 Å². The van der Waals surface area contributed by atoms with E-state index in [1.807, 2.05) is 13.8 Å². The first kappa shape index (κ1) is 13.4. The normalized spacial score (nSPS) is 40.5. The van der Waals surface area contributed by atoms with Gasteiger partial charge in [-0.15, -0.1) is 0 Å². The maximum Gasteiger partial charge on any atom is 0.306 e. The molecule has 0 spiro atoms. The average Bonchev–Trinajstić information content (AvgIpc) is 2.22. The molecule has 4 fully saturated rings. The second kappa shape index (κ2) is 4.47. The Bertz CT molecular complexity index is 334. The molecule has 0 aromatic carbocycles. The molecule has 0 aliphatic heterocycles. The van der Waals surface area contributed by atoms with E-state index in [4.69, 9.17) is 10.5 Å². The van der Waals surface area contributed by atoms with Crippen LogP contribution in [0, 0.1) is 23.2 Å². The number of carbonyl (C=O) groups excluding carboxylic acids is 1. The van der Waals surface area contributed by atoms with Crippen molar-refractivity contribution in [1.29, 1.82) is 0 Å². The number of rotatable bonds is 4. The molecule has 4 saturated carbocycles. The van der Waals surface area contributed by atoms with Crippen LogP contribution in [0.5, 0.6) is 0 Å². The molecule has 0 unspecified atom stereocenters. The number of carbonyl (C=O) groups is 1. The lowest BCUT2D eigenvalue weighted by Gasteiger charge is -2.56. The minimum atomic E-state index is -0.420. The summed E-state index contributed by atoms with van der Waals surface area (Å²) in [5.41, 5.74) is 5.73. The van der Waals surface area contributed by atoms with Crippen molar-refractivity contribution < 1.29 is 9.53 Å². The zero-order chi connectivity index (χ0) is 13.7. The summed E-state index contributed by atoms with van der Waals surface area (Å²) in [6.07, 6.45) is 8.69. The molecule has 0 heterocycles. The molecule has 3 nitrogen and oxygen atoms in total. The fraction of sp³-hybridized carbons (Fsp3) is 0.938. The van der Waals surface area contributed by atoms with Crippen LogP contribution in [0.1, 0.15) is 58.8 Å². The van der Waals surface area contributed by atoms with E-state index in [0.29, 0.717) is 13.0 Å². The molecular weight excluding hydrogens is 238 g/mol. The number of nitrogens with two attached hydrogens (primary N) is 1. The highest BCUT2D eigenvalue weighted by Crippen LogP contribution is 2.61. The van der Waals surface area contributed by atoms with Gasteiger partial charge in [0, 0.05) is 5.54 Å². The van der Waals surface area contributed by atoms with E-state index in [2.05, 4.69) is 0 Å². The largest absolute Gasteiger partial charge is 0.464 e. The average molecular weight is 265 g/mol. The first-order valence-corrected chi connectivity index (χ1v) is 7.78. The van der Waals surface area contributed by atoms with Gasteiger partial charge >= 0.3 is 5.97 Å². The van der Waals surface area contributed by atoms with E-state index >= 15 is 0 Å². The van der Waals surface area contributed by atoms with Gasteiger partial charge in [0.1, 0.15) is 6.61 Å². The molecule has 3 heteroatoms. The molecule has 19 heavy (non-hydrogen) atoms. The van der Waals surface area contributed by atoms with Crippen LogP contribution in [0.2, 0.25) is 0 Å². The zero-order valence-corrected chi connectivity index (χ0v) is 12.3. The van der Waals surface area contributed by atoms with Crippen LogP contribution in [0.15, 0.2) is 0 Å². The fourth-order valence-electron chi connectivity index (χ4n) is 5.13. The quantitative estimate of drug-likeness (QED) is 0.795. The Morgan fingerprint density at radius 2 is 1.63 bits per heavy atom. The Morgan fingerprint density at radius 3 is 2.05 bits per heavy atom. The Kier molecular flexibility index (Phi) is 3.16. The van der Waals surface area contributed by atoms with Crippen molar-refractivity contribution in [1.82, 2.24) is 0 Å². The van der Waals surface area contributed by atoms with Crippen molar-refractivity contribution in [3.63, 3.8) is 0 Å². The van der Waals surface area contributed by atoms with Crippen molar-refractivity contribution in [2.24, 2.45) is 28.9 Å². The lowest BCUT2D eigenvalue weighted by Crippen LogP contribution is -2.47. The molecule has 0 aromatic heterocycles. The molecule has 4 bridgehead atoms. The molecule has 0 aromatic rings. The van der Waals surface area contributed by atoms with Crippen molar-refractivity contribution in [2.75, 3.05) is 6.61 Å². The fourth-order valence-corrected chi connectivity index (χ4v) is 5.13. The first-order chi connectivity index (χ1) is 8.84. The van der Waals surface area contributed by atoms with Gasteiger partial charge < -0.3 is 10.5 Å². The molecule has 0 amide bonds. The third-order valence-corrected chi connectivity index (χ3v) is 5.29. The SMILES string of the molecule is CC(C)(N)COC(=O)CC12CC3CC(CC(C3)C1)C2. The van der Waals surface area contributed by atoms with Crippen LogP contribution in [-0.4, -0.2) is 18.1 Å². The maximum atomic E-state index is 12.1. The van der Waals surface area contributed by atoms with Crippen molar-refractivity contribution >= 4 is 5.97 Å². The van der Waals surface area contributed by atoms with Crippen LogP contribution >= 0.6 is 0 Å². The molecule has 4 aliphatic rings. The van der Waals surface area contributed by atoms with Crippen molar-refractivity contribution in [3.05, 3.63) is 0 Å². The second-order valence-electron chi connectivity index (χ2n) is 8.24. The third-order valence-electron chi connectivity index (χ3n) is 5.29. The molecule has 4 rings (SSSR count). The Hall–Kier alpha value is -0.570. The van der Waals surface area contributed by atoms with E-state index in [9.17, 15) is 4.79 Å². The highest BCUT2D eigenvalue weighted by molar-refractivity contribution is 5.70. The Labute approximate surface area is 116 Å². The van der Waals surface area contributed by atoms with Crippen molar-refractivity contribution in [2.45, 2.75) is 64.3 Å². The minimum absolute atomic E-state index is 0.0273. The zero-order valence-electron chi connectivity index (χ0n) is 12.3. The highest BCUT2D eigenvalue weighted by Gasteiger charge is 2.51. The van der Waals surface area contributed by atoms with E-state index in [1.54, 1.807) is 0 Å². The molecule has 0 radical (unpaired) electrons. The summed E-state index contributed by atoms with van der Waals surface area (Å²) >= 11 is 0. The van der Waals surface area contributed by atoms with Gasteiger partial charge in [0.05, 0.1) is 6.42 Å². The first-order valence-electron chi connectivity index (χ1n) is 7.78. The van der Waals surface area contributed by atoms with Gasteiger partial charge in [-0.1, -0.05) is 0 Å². The maximum absolute atomic E-state index is 12.1.